The zero-order valence-electron chi connectivity index (χ0n) is 11.3. The molecule has 2 rings (SSSR count). The summed E-state index contributed by atoms with van der Waals surface area (Å²) in [6, 6.07) is 7.71. The number of alkyl halides is 3. The van der Waals surface area contributed by atoms with Crippen molar-refractivity contribution in [2.24, 2.45) is 0 Å². The Balaban J connectivity index is 2.62. The minimum atomic E-state index is -4.46. The Hall–Kier alpha value is -1.49. The predicted octanol–water partition coefficient (Wildman–Crippen LogP) is 4.98. The largest absolute Gasteiger partial charge is 0.435 e. The molecular weight excluding hydrogens is 289 g/mol. The van der Waals surface area contributed by atoms with Gasteiger partial charge in [-0.1, -0.05) is 23.7 Å². The third-order valence-corrected chi connectivity index (χ3v) is 3.03. The fourth-order valence-corrected chi connectivity index (χ4v) is 1.98. The average molecular weight is 303 g/mol. The zero-order valence-corrected chi connectivity index (χ0v) is 12.0. The first-order chi connectivity index (χ1) is 9.09. The Bertz CT molecular complexity index is 607. The number of nitrogens with zero attached hydrogens (tertiary/aromatic N) is 2. The maximum atomic E-state index is 12.9. The molecule has 0 saturated carbocycles. The van der Waals surface area contributed by atoms with Crippen LogP contribution in [0.1, 0.15) is 26.5 Å². The molecule has 0 aliphatic heterocycles. The van der Waals surface area contributed by atoms with Gasteiger partial charge in [-0.3, -0.25) is 4.68 Å². The molecule has 0 aliphatic carbocycles. The molecule has 1 aromatic carbocycles. The second-order valence-corrected chi connectivity index (χ2v) is 5.94. The molecule has 1 aromatic heterocycles. The molecule has 20 heavy (non-hydrogen) atoms. The van der Waals surface area contributed by atoms with E-state index in [0.717, 1.165) is 6.07 Å². The van der Waals surface area contributed by atoms with E-state index in [1.54, 1.807) is 45.0 Å². The number of hydrogen-bond acceptors (Lipinski definition) is 1. The topological polar surface area (TPSA) is 17.8 Å². The Kier molecular flexibility index (Phi) is 3.58. The molecule has 0 N–H and O–H groups in total. The van der Waals surface area contributed by atoms with E-state index in [1.165, 1.54) is 4.68 Å². The van der Waals surface area contributed by atoms with Gasteiger partial charge in [-0.2, -0.15) is 18.3 Å². The quantitative estimate of drug-likeness (QED) is 0.726. The third-order valence-electron chi connectivity index (χ3n) is 2.78. The number of benzene rings is 1. The van der Waals surface area contributed by atoms with E-state index in [-0.39, 0.29) is 0 Å². The minimum absolute atomic E-state index is 0.418. The molecule has 0 aliphatic rings. The van der Waals surface area contributed by atoms with Crippen molar-refractivity contribution in [3.63, 3.8) is 0 Å². The molecule has 0 atom stereocenters. The number of rotatable bonds is 1. The minimum Gasteiger partial charge on any atom is -0.259 e. The van der Waals surface area contributed by atoms with Crippen LogP contribution in [0, 0.1) is 0 Å². The van der Waals surface area contributed by atoms with E-state index in [4.69, 9.17) is 11.6 Å². The van der Waals surface area contributed by atoms with Crippen molar-refractivity contribution >= 4 is 11.6 Å². The summed E-state index contributed by atoms with van der Waals surface area (Å²) in [5, 5.41) is 4.24. The maximum Gasteiger partial charge on any atom is 0.435 e. The number of hydrogen-bond donors (Lipinski definition) is 0. The SMILES string of the molecule is CC(C)(C)n1nc(C(F)(F)F)cc1-c1ccc(Cl)cc1. The van der Waals surface area contributed by atoms with E-state index in [2.05, 4.69) is 5.10 Å². The standard InChI is InChI=1S/C14H14ClF3N2/c1-13(2,3)20-11(8-12(19-20)14(16,17)18)9-4-6-10(15)7-5-9/h4-8H,1-3H3. The molecule has 0 fully saturated rings. The first kappa shape index (κ1) is 14.9. The van der Waals surface area contributed by atoms with Crippen LogP contribution in [0.15, 0.2) is 30.3 Å². The highest BCUT2D eigenvalue weighted by Crippen LogP contribution is 2.34. The second-order valence-electron chi connectivity index (χ2n) is 5.50. The summed E-state index contributed by atoms with van der Waals surface area (Å²) in [5.74, 6) is 0. The highest BCUT2D eigenvalue weighted by Gasteiger charge is 2.36. The van der Waals surface area contributed by atoms with E-state index in [9.17, 15) is 13.2 Å². The van der Waals surface area contributed by atoms with Gasteiger partial charge in [0.15, 0.2) is 5.69 Å². The molecule has 0 saturated heterocycles. The molecule has 0 spiro atoms. The van der Waals surface area contributed by atoms with E-state index >= 15 is 0 Å². The first-order valence-corrected chi connectivity index (χ1v) is 6.40. The normalized spacial score (nSPS) is 12.8. The Morgan fingerprint density at radius 3 is 2.05 bits per heavy atom. The molecule has 0 bridgehead atoms. The van der Waals surface area contributed by atoms with Gasteiger partial charge in [-0.05, 0) is 44.5 Å². The third kappa shape index (κ3) is 2.98. The van der Waals surface area contributed by atoms with Crippen LogP contribution < -0.4 is 0 Å². The van der Waals surface area contributed by atoms with Crippen LogP contribution in [0.4, 0.5) is 13.2 Å². The molecule has 2 nitrogen and oxygen atoms in total. The lowest BCUT2D eigenvalue weighted by atomic mass is 10.1. The van der Waals surface area contributed by atoms with Gasteiger partial charge >= 0.3 is 6.18 Å². The van der Waals surface area contributed by atoms with Crippen molar-refractivity contribution in [3.8, 4) is 11.3 Å². The van der Waals surface area contributed by atoms with Crippen molar-refractivity contribution in [1.82, 2.24) is 9.78 Å². The summed E-state index contributed by atoms with van der Waals surface area (Å²) in [4.78, 5) is 0. The first-order valence-electron chi connectivity index (χ1n) is 6.03. The maximum absolute atomic E-state index is 12.9. The van der Waals surface area contributed by atoms with Gasteiger partial charge in [0.2, 0.25) is 0 Å². The smallest absolute Gasteiger partial charge is 0.259 e. The fourth-order valence-electron chi connectivity index (χ4n) is 1.86. The van der Waals surface area contributed by atoms with Crippen LogP contribution in [0.2, 0.25) is 5.02 Å². The van der Waals surface area contributed by atoms with Crippen molar-refractivity contribution in [3.05, 3.63) is 41.0 Å². The summed E-state index contributed by atoms with van der Waals surface area (Å²) in [5.41, 5.74) is -0.385. The fraction of sp³-hybridized carbons (Fsp3) is 0.357. The highest BCUT2D eigenvalue weighted by molar-refractivity contribution is 6.30. The predicted molar refractivity (Wildman–Crippen MR) is 72.7 cm³/mol. The second kappa shape index (κ2) is 4.81. The molecule has 1 heterocycles. The molecule has 6 heteroatoms. The summed E-state index contributed by atoms with van der Waals surface area (Å²) in [7, 11) is 0. The Morgan fingerprint density at radius 2 is 1.60 bits per heavy atom. The van der Waals surface area contributed by atoms with Crippen molar-refractivity contribution in [2.75, 3.05) is 0 Å². The molecule has 0 unspecified atom stereocenters. The van der Waals surface area contributed by atoms with Crippen molar-refractivity contribution in [1.29, 1.82) is 0 Å². The van der Waals surface area contributed by atoms with Gasteiger partial charge in [0.25, 0.3) is 0 Å². The summed E-state index contributed by atoms with van der Waals surface area (Å²) < 4.78 is 39.9. The van der Waals surface area contributed by atoms with Crippen molar-refractivity contribution in [2.45, 2.75) is 32.5 Å². The number of halogens is 4. The zero-order chi connectivity index (χ0) is 15.1. The molecule has 2 aromatic rings. The van der Waals surface area contributed by atoms with Crippen LogP contribution >= 0.6 is 11.6 Å². The van der Waals surface area contributed by atoms with Crippen LogP contribution in [-0.2, 0) is 11.7 Å². The van der Waals surface area contributed by atoms with Gasteiger partial charge in [-0.15, -0.1) is 0 Å². The molecule has 108 valence electrons. The molecule has 0 amide bonds. The summed E-state index contributed by atoms with van der Waals surface area (Å²) >= 11 is 5.80. The lowest BCUT2D eigenvalue weighted by Gasteiger charge is -2.22. The van der Waals surface area contributed by atoms with Gasteiger partial charge in [0.05, 0.1) is 11.2 Å². The van der Waals surface area contributed by atoms with Crippen LogP contribution in [0.3, 0.4) is 0 Å². The highest BCUT2D eigenvalue weighted by atomic mass is 35.5. The monoisotopic (exact) mass is 302 g/mol. The average Bonchev–Trinajstić information content (AvgIpc) is 2.74. The van der Waals surface area contributed by atoms with E-state index in [0.29, 0.717) is 16.3 Å². The van der Waals surface area contributed by atoms with Gasteiger partial charge in [-0.25, -0.2) is 0 Å². The van der Waals surface area contributed by atoms with Crippen molar-refractivity contribution < 1.29 is 13.2 Å². The number of aromatic nitrogens is 2. The van der Waals surface area contributed by atoms with Crippen LogP contribution in [0.5, 0.6) is 0 Å². The Labute approximate surface area is 120 Å². The Morgan fingerprint density at radius 1 is 1.05 bits per heavy atom. The lowest BCUT2D eigenvalue weighted by molar-refractivity contribution is -0.141. The van der Waals surface area contributed by atoms with E-state index in [1.807, 2.05) is 0 Å². The van der Waals surface area contributed by atoms with Crippen LogP contribution in [-0.4, -0.2) is 9.78 Å². The van der Waals surface area contributed by atoms with Gasteiger partial charge in [0, 0.05) is 5.02 Å². The van der Waals surface area contributed by atoms with Gasteiger partial charge in [0.1, 0.15) is 0 Å². The van der Waals surface area contributed by atoms with Gasteiger partial charge < -0.3 is 0 Å². The summed E-state index contributed by atoms with van der Waals surface area (Å²) in [6.45, 7) is 5.42. The lowest BCUT2D eigenvalue weighted by Crippen LogP contribution is -2.24. The van der Waals surface area contributed by atoms with E-state index < -0.39 is 17.4 Å². The summed E-state index contributed by atoms with van der Waals surface area (Å²) in [6.07, 6.45) is -4.46. The molecule has 0 radical (unpaired) electrons. The van der Waals surface area contributed by atoms with Crippen LogP contribution in [0.25, 0.3) is 11.3 Å². The molecular formula is C14H14ClF3N2.